The molecule has 0 saturated carbocycles. The van der Waals surface area contributed by atoms with Crippen LogP contribution in [0.25, 0.3) is 44.7 Å². The van der Waals surface area contributed by atoms with Gasteiger partial charge in [0.1, 0.15) is 17.1 Å². The molecule has 6 aromatic rings. The zero-order valence-corrected chi connectivity index (χ0v) is 30.6. The maximum absolute atomic E-state index is 14.2. The molecule has 3 aromatic heterocycles. The number of aromatic nitrogens is 4. The van der Waals surface area contributed by atoms with Gasteiger partial charge < -0.3 is 19.5 Å². The summed E-state index contributed by atoms with van der Waals surface area (Å²) < 4.78 is 34.8. The van der Waals surface area contributed by atoms with Crippen molar-refractivity contribution >= 4 is 39.6 Å². The Balaban J connectivity index is 1.04. The number of carboxylic acids is 1. The van der Waals surface area contributed by atoms with Gasteiger partial charge in [-0.3, -0.25) is 19.6 Å². The second-order valence-corrected chi connectivity index (χ2v) is 15.0. The third-order valence-corrected chi connectivity index (χ3v) is 11.3. The second-order valence-electron chi connectivity index (χ2n) is 15.0. The molecule has 2 fully saturated rings. The van der Waals surface area contributed by atoms with Crippen molar-refractivity contribution in [1.29, 1.82) is 5.26 Å². The van der Waals surface area contributed by atoms with Crippen LogP contribution >= 0.6 is 0 Å². The second kappa shape index (κ2) is 14.3. The molecule has 3 aliphatic heterocycles. The zero-order chi connectivity index (χ0) is 38.7. The Morgan fingerprint density at radius 3 is 2.46 bits per heavy atom. The number of carbonyl (C=O) groups is 1. The monoisotopic (exact) mass is 756 g/mol. The molecule has 56 heavy (non-hydrogen) atoms. The van der Waals surface area contributed by atoms with Gasteiger partial charge in [0.05, 0.1) is 23.1 Å². The molecule has 12 nitrogen and oxygen atoms in total. The minimum atomic E-state index is -2.87. The molecule has 3 aliphatic rings. The first-order chi connectivity index (χ1) is 27.1. The lowest BCUT2D eigenvalue weighted by atomic mass is 9.92. The van der Waals surface area contributed by atoms with Crippen molar-refractivity contribution in [2.75, 3.05) is 37.6 Å². The number of aliphatic carboxylic acids is 1. The van der Waals surface area contributed by atoms with Crippen molar-refractivity contribution in [1.82, 2.24) is 29.7 Å². The van der Waals surface area contributed by atoms with Crippen LogP contribution in [-0.2, 0) is 24.3 Å². The van der Waals surface area contributed by atoms with Crippen LogP contribution in [-0.4, -0.2) is 84.7 Å². The number of nitriles is 1. The van der Waals surface area contributed by atoms with Crippen LogP contribution in [0.3, 0.4) is 0 Å². The highest BCUT2D eigenvalue weighted by atomic mass is 19.3. The van der Waals surface area contributed by atoms with E-state index >= 15 is 0 Å². The van der Waals surface area contributed by atoms with Crippen molar-refractivity contribution in [2.45, 2.75) is 51.8 Å². The van der Waals surface area contributed by atoms with E-state index in [1.807, 2.05) is 48.2 Å². The number of aliphatic hydroxyl groups excluding tert-OH is 1. The molecule has 14 heteroatoms. The van der Waals surface area contributed by atoms with E-state index in [0.29, 0.717) is 97.9 Å². The lowest BCUT2D eigenvalue weighted by molar-refractivity contribution is -0.141. The average molecular weight is 757 g/mol. The van der Waals surface area contributed by atoms with E-state index in [0.717, 1.165) is 51.2 Å². The Labute approximate surface area is 320 Å². The number of hydrogen-bond donors (Lipinski definition) is 2. The van der Waals surface area contributed by atoms with Gasteiger partial charge in [0.25, 0.3) is 6.43 Å². The summed E-state index contributed by atoms with van der Waals surface area (Å²) in [6, 6.07) is 19.6. The molecule has 2 saturated heterocycles. The Morgan fingerprint density at radius 2 is 1.70 bits per heavy atom. The predicted molar refractivity (Wildman–Crippen MR) is 204 cm³/mol. The molecule has 0 spiro atoms. The van der Waals surface area contributed by atoms with E-state index in [2.05, 4.69) is 31.9 Å². The number of anilines is 2. The number of halogens is 2. The molecule has 2 N–H and O–H groups in total. The van der Waals surface area contributed by atoms with Gasteiger partial charge in [-0.05, 0) is 96.4 Å². The Bertz CT molecular complexity index is 2570. The Kier molecular flexibility index (Phi) is 9.15. The highest BCUT2D eigenvalue weighted by molar-refractivity contribution is 5.92. The molecule has 0 aliphatic carbocycles. The normalized spacial score (nSPS) is 18.8. The fourth-order valence-corrected chi connectivity index (χ4v) is 8.53. The molecule has 2 atom stereocenters. The SMILES string of the molecule is Cc1c(-c2nc3cc(CN4CC[C@H](C(=O)O)C4)cc(C#N)c3o2)cccc1-c1cccc2c1CCN2c1nc(C(F)F)nc2cc(CN3CC[C@H](O)C3)cnc12. The summed E-state index contributed by atoms with van der Waals surface area (Å²) in [5.41, 5.74) is 9.35. The Hall–Kier alpha value is -5.88. The zero-order valence-electron chi connectivity index (χ0n) is 30.6. The fourth-order valence-electron chi connectivity index (χ4n) is 8.53. The van der Waals surface area contributed by atoms with E-state index in [9.17, 15) is 29.1 Å². The third-order valence-electron chi connectivity index (χ3n) is 11.3. The summed E-state index contributed by atoms with van der Waals surface area (Å²) in [5.74, 6) is -1.02. The van der Waals surface area contributed by atoms with E-state index in [1.54, 1.807) is 18.3 Å². The van der Waals surface area contributed by atoms with Crippen LogP contribution in [0.15, 0.2) is 65.2 Å². The van der Waals surface area contributed by atoms with Crippen LogP contribution in [0, 0.1) is 24.2 Å². The number of carboxylic acid groups (broad SMARTS) is 1. The lowest BCUT2D eigenvalue weighted by Crippen LogP contribution is -2.22. The topological polar surface area (TPSA) is 156 Å². The molecule has 0 unspecified atom stereocenters. The number of β-amino-alcohol motifs (C(OH)–C–C–N with tert-alkyl or cyclic N) is 1. The number of oxazole rings is 1. The maximum atomic E-state index is 14.2. The number of fused-ring (bicyclic) bond motifs is 3. The van der Waals surface area contributed by atoms with Gasteiger partial charge in [0, 0.05) is 56.7 Å². The summed E-state index contributed by atoms with van der Waals surface area (Å²) in [7, 11) is 0. The first-order valence-corrected chi connectivity index (χ1v) is 18.8. The number of likely N-dealkylation sites (tertiary alicyclic amines) is 2. The first kappa shape index (κ1) is 35.8. The number of nitrogens with zero attached hydrogens (tertiary/aromatic N) is 8. The number of benzene rings is 3. The van der Waals surface area contributed by atoms with Gasteiger partial charge in [0.2, 0.25) is 5.89 Å². The fraction of sp³-hybridized carbons (Fsp3) is 0.333. The minimum Gasteiger partial charge on any atom is -0.481 e. The summed E-state index contributed by atoms with van der Waals surface area (Å²) >= 11 is 0. The van der Waals surface area contributed by atoms with Crippen molar-refractivity contribution in [3.63, 3.8) is 0 Å². The molecule has 6 heterocycles. The molecular formula is C42H38F2N8O4. The van der Waals surface area contributed by atoms with Crippen LogP contribution in [0.2, 0.25) is 0 Å². The molecule has 3 aromatic carbocycles. The summed E-state index contributed by atoms with van der Waals surface area (Å²) in [5, 5.41) is 29.4. The van der Waals surface area contributed by atoms with Crippen LogP contribution in [0.5, 0.6) is 0 Å². The summed E-state index contributed by atoms with van der Waals surface area (Å²) in [4.78, 5) is 35.8. The number of hydrogen-bond acceptors (Lipinski definition) is 11. The van der Waals surface area contributed by atoms with Gasteiger partial charge in [-0.1, -0.05) is 24.3 Å². The quantitative estimate of drug-likeness (QED) is 0.160. The Morgan fingerprint density at radius 1 is 0.946 bits per heavy atom. The van der Waals surface area contributed by atoms with E-state index in [-0.39, 0.29) is 6.10 Å². The number of alkyl halides is 2. The predicted octanol–water partition coefficient (Wildman–Crippen LogP) is 6.79. The summed E-state index contributed by atoms with van der Waals surface area (Å²) in [6.45, 7) is 6.00. The van der Waals surface area contributed by atoms with E-state index in [1.165, 1.54) is 0 Å². The van der Waals surface area contributed by atoms with Crippen molar-refractivity contribution in [3.05, 3.63) is 94.4 Å². The lowest BCUT2D eigenvalue weighted by Gasteiger charge is -2.21. The molecule has 0 radical (unpaired) electrons. The maximum Gasteiger partial charge on any atom is 0.307 e. The number of rotatable bonds is 9. The highest BCUT2D eigenvalue weighted by Crippen LogP contribution is 2.43. The van der Waals surface area contributed by atoms with Gasteiger partial charge in [-0.15, -0.1) is 0 Å². The molecular weight excluding hydrogens is 719 g/mol. The van der Waals surface area contributed by atoms with Crippen molar-refractivity contribution in [2.24, 2.45) is 5.92 Å². The average Bonchev–Trinajstić information content (AvgIpc) is 4.01. The van der Waals surface area contributed by atoms with Gasteiger partial charge in [-0.2, -0.15) is 5.26 Å². The van der Waals surface area contributed by atoms with Crippen LogP contribution in [0.4, 0.5) is 20.3 Å². The molecule has 0 bridgehead atoms. The van der Waals surface area contributed by atoms with E-state index in [4.69, 9.17) is 14.4 Å². The van der Waals surface area contributed by atoms with E-state index < -0.39 is 24.1 Å². The minimum absolute atomic E-state index is 0.334. The van der Waals surface area contributed by atoms with Gasteiger partial charge >= 0.3 is 5.97 Å². The van der Waals surface area contributed by atoms with Crippen LogP contribution in [0.1, 0.15) is 52.9 Å². The van der Waals surface area contributed by atoms with Gasteiger partial charge in [-0.25, -0.2) is 23.7 Å². The highest BCUT2D eigenvalue weighted by Gasteiger charge is 2.31. The molecule has 9 rings (SSSR count). The summed E-state index contributed by atoms with van der Waals surface area (Å²) in [6.07, 6.45) is 0.432. The largest absolute Gasteiger partial charge is 0.481 e. The first-order valence-electron chi connectivity index (χ1n) is 18.8. The molecule has 0 amide bonds. The van der Waals surface area contributed by atoms with Crippen LogP contribution < -0.4 is 4.90 Å². The number of aliphatic hydroxyl groups is 1. The van der Waals surface area contributed by atoms with Crippen molar-refractivity contribution < 1.29 is 28.2 Å². The van der Waals surface area contributed by atoms with Crippen molar-refractivity contribution in [3.8, 4) is 28.7 Å². The number of pyridine rings is 1. The smallest absolute Gasteiger partial charge is 0.307 e. The third kappa shape index (κ3) is 6.51. The van der Waals surface area contributed by atoms with Gasteiger partial charge in [0.15, 0.2) is 17.2 Å². The molecule has 284 valence electrons. The standard InChI is InChI=1S/C42H38F2N8O4/c1-23-29(4-2-5-30(23)41-48-34-15-24(14-27(17-45)37(34)56-41)19-50-11-8-26(21-50)42(54)55)31-6-3-7-35-32(31)10-13-52(35)40-36-33(47-39(49-40)38(43)44)16-25(18-46-36)20-51-12-9-28(53)22-51/h2-7,14-16,18,26,28,38,53H,8-13,19-22H2,1H3,(H,54,55)/t26-,28-/m0/s1.